The lowest BCUT2D eigenvalue weighted by molar-refractivity contribution is -0.163. The van der Waals surface area contributed by atoms with Crippen LogP contribution in [0.5, 0.6) is 23.0 Å². The third kappa shape index (κ3) is 31.0. The highest BCUT2D eigenvalue weighted by Gasteiger charge is 2.37. The Morgan fingerprint density at radius 1 is 0.427 bits per heavy atom. The second-order valence-electron chi connectivity index (χ2n) is 38.2. The van der Waals surface area contributed by atoms with Crippen molar-refractivity contribution in [1.82, 2.24) is 90.0 Å². The second kappa shape index (κ2) is 46.8. The maximum atomic E-state index is 14.9. The SMILES string of the molecule is CCNC(=O)c1nnc(-c2cc(C(C)C)c(OC)cc2O)n1-c1ccc(CN2CCN(C(=O)CCNC(=O)[C@@H](CCC(=O)N3CCN(Cc4ccc(-n5c(C(=O)NCC)nnc5-c5cc(C(C)C)c(OC)cc5O)cc4)CC3)NC(=O)CC[C@H](C(=O)OC(C)(C)C)N3CCN(CC(=O)OC(C)(C)C)CCN(CC(=O)OC(C)(C)C)CCN(CC(=O)OC(C)(C)C)CC3)CC2)cc1. The molecule has 2 atom stereocenters. The van der Waals surface area contributed by atoms with Crippen molar-refractivity contribution < 1.29 is 86.6 Å². The van der Waals surface area contributed by atoms with Crippen LogP contribution in [0.1, 0.15) is 212 Å². The average Bonchev–Trinajstić information content (AvgIpc) is 1.65. The minimum Gasteiger partial charge on any atom is -0.507 e. The number of methoxy groups -OCH3 is 2. The van der Waals surface area contributed by atoms with Crippen molar-refractivity contribution in [3.8, 4) is 57.1 Å². The first-order valence-corrected chi connectivity index (χ1v) is 45.7. The topological polar surface area (TPSA) is 402 Å². The van der Waals surface area contributed by atoms with Crippen molar-refractivity contribution in [1.29, 1.82) is 0 Å². The minimum absolute atomic E-state index is 0.0245. The molecule has 3 aliphatic heterocycles. The number of aromatic hydroxyl groups is 2. The molecule has 0 saturated carbocycles. The Kier molecular flexibility index (Phi) is 37.0. The summed E-state index contributed by atoms with van der Waals surface area (Å²) in [6, 6.07) is 19.5. The van der Waals surface area contributed by atoms with E-state index in [0.29, 0.717) is 126 Å². The number of nitrogens with zero attached hydrogens (tertiary/aromatic N) is 14. The zero-order chi connectivity index (χ0) is 96.0. The number of ether oxygens (including phenoxy) is 6. The smallest absolute Gasteiger partial charge is 0.323 e. The molecule has 0 radical (unpaired) electrons. The molecule has 5 heterocycles. The van der Waals surface area contributed by atoms with Gasteiger partial charge in [-0.1, -0.05) is 52.0 Å². The molecule has 2 aromatic heterocycles. The molecule has 0 bridgehead atoms. The molecule has 6 aromatic rings. The summed E-state index contributed by atoms with van der Waals surface area (Å²) < 4.78 is 37.9. The number of rotatable bonds is 35. The first kappa shape index (κ1) is 104. The van der Waals surface area contributed by atoms with E-state index in [1.165, 1.54) is 26.4 Å². The quantitative estimate of drug-likeness (QED) is 0.0163. The number of carbonyl (C=O) groups is 10. The summed E-state index contributed by atoms with van der Waals surface area (Å²) in [5.41, 5.74) is 2.10. The van der Waals surface area contributed by atoms with Gasteiger partial charge in [0.2, 0.25) is 35.3 Å². The maximum absolute atomic E-state index is 14.9. The van der Waals surface area contributed by atoms with E-state index < -0.39 is 82.0 Å². The number of carbonyl (C=O) groups excluding carboxylic acids is 10. The van der Waals surface area contributed by atoms with Gasteiger partial charge in [-0.3, -0.25) is 86.5 Å². The fourth-order valence-electron chi connectivity index (χ4n) is 15.9. The van der Waals surface area contributed by atoms with Crippen LogP contribution in [0.4, 0.5) is 0 Å². The van der Waals surface area contributed by atoms with Crippen LogP contribution in [-0.4, -0.2) is 331 Å². The molecule has 3 saturated heterocycles. The van der Waals surface area contributed by atoms with Gasteiger partial charge in [-0.05, 0) is 180 Å². The Balaban J connectivity index is 0.903. The first-order valence-electron chi connectivity index (χ1n) is 45.7. The number of piperazine rings is 2. The van der Waals surface area contributed by atoms with Gasteiger partial charge in [0.15, 0.2) is 11.6 Å². The molecular weight excluding hydrogens is 1680 g/mol. The molecule has 0 spiro atoms. The summed E-state index contributed by atoms with van der Waals surface area (Å²) in [5.74, 6) is -3.18. The average molecular weight is 1820 g/mol. The number of aromatic nitrogens is 6. The summed E-state index contributed by atoms with van der Waals surface area (Å²) in [4.78, 5) is 156. The van der Waals surface area contributed by atoms with E-state index >= 15 is 0 Å². The van der Waals surface area contributed by atoms with Crippen LogP contribution in [0.2, 0.25) is 0 Å². The zero-order valence-electron chi connectivity index (χ0n) is 80.4. The molecule has 0 unspecified atom stereocenters. The predicted octanol–water partition coefficient (Wildman–Crippen LogP) is 7.85. The number of nitrogens with one attached hydrogen (secondary N) is 4. The van der Waals surface area contributed by atoms with Crippen molar-refractivity contribution in [2.75, 3.05) is 158 Å². The van der Waals surface area contributed by atoms with Crippen LogP contribution in [0.3, 0.4) is 0 Å². The number of amides is 6. The van der Waals surface area contributed by atoms with Gasteiger partial charge in [0.05, 0.1) is 45.0 Å². The molecule has 0 aliphatic carbocycles. The van der Waals surface area contributed by atoms with Crippen LogP contribution in [0.15, 0.2) is 72.8 Å². The third-order valence-corrected chi connectivity index (χ3v) is 22.4. The van der Waals surface area contributed by atoms with Crippen LogP contribution >= 0.6 is 0 Å². The molecule has 9 rings (SSSR count). The lowest BCUT2D eigenvalue weighted by Gasteiger charge is -2.37. The van der Waals surface area contributed by atoms with Crippen molar-refractivity contribution in [2.45, 2.75) is 216 Å². The summed E-state index contributed by atoms with van der Waals surface area (Å²) in [7, 11) is 3.07. The second-order valence-corrected chi connectivity index (χ2v) is 38.2. The minimum atomic E-state index is -1.28. The van der Waals surface area contributed by atoms with Crippen LogP contribution in [0, 0.1) is 0 Å². The normalized spacial score (nSPS) is 15.9. The molecule has 131 heavy (non-hydrogen) atoms. The predicted molar refractivity (Wildman–Crippen MR) is 494 cm³/mol. The number of phenols is 2. The van der Waals surface area contributed by atoms with Crippen LogP contribution in [-0.2, 0) is 70.4 Å². The summed E-state index contributed by atoms with van der Waals surface area (Å²) in [5, 5.41) is 51.5. The Morgan fingerprint density at radius 3 is 1.14 bits per heavy atom. The van der Waals surface area contributed by atoms with Gasteiger partial charge < -0.3 is 69.7 Å². The number of hydrogen-bond donors (Lipinski definition) is 6. The van der Waals surface area contributed by atoms with Gasteiger partial charge in [0.1, 0.15) is 57.5 Å². The van der Waals surface area contributed by atoms with E-state index in [4.69, 9.17) is 28.4 Å². The summed E-state index contributed by atoms with van der Waals surface area (Å²) in [6.45, 7) is 39.5. The fraction of sp³-hybridized carbons (Fsp3) is 0.600. The monoisotopic (exact) mass is 1820 g/mol. The van der Waals surface area contributed by atoms with Crippen LogP contribution < -0.4 is 30.7 Å². The highest BCUT2D eigenvalue weighted by atomic mass is 16.6. The largest absolute Gasteiger partial charge is 0.507 e. The van der Waals surface area contributed by atoms with Crippen molar-refractivity contribution in [3.05, 3.63) is 107 Å². The lowest BCUT2D eigenvalue weighted by atomic mass is 9.98. The molecular formula is C95H140N18O18. The number of benzene rings is 4. The first-order chi connectivity index (χ1) is 61.8. The van der Waals surface area contributed by atoms with Crippen LogP contribution in [0.25, 0.3) is 34.2 Å². The van der Waals surface area contributed by atoms with E-state index in [1.54, 1.807) is 128 Å². The highest BCUT2D eigenvalue weighted by Crippen LogP contribution is 2.41. The van der Waals surface area contributed by atoms with Gasteiger partial charge in [-0.15, -0.1) is 20.4 Å². The molecule has 6 N–H and O–H groups in total. The molecule has 36 heteroatoms. The zero-order valence-corrected chi connectivity index (χ0v) is 80.4. The maximum Gasteiger partial charge on any atom is 0.323 e. The Hall–Kier alpha value is -11.2. The highest BCUT2D eigenvalue weighted by molar-refractivity contribution is 5.94. The van der Waals surface area contributed by atoms with Gasteiger partial charge in [0.25, 0.3) is 11.8 Å². The van der Waals surface area contributed by atoms with E-state index in [9.17, 15) is 58.2 Å². The van der Waals surface area contributed by atoms with Gasteiger partial charge in [-0.2, -0.15) is 0 Å². The van der Waals surface area contributed by atoms with E-state index in [1.807, 2.05) is 95.8 Å². The van der Waals surface area contributed by atoms with E-state index in [-0.39, 0.29) is 156 Å². The van der Waals surface area contributed by atoms with Gasteiger partial charge in [-0.25, -0.2) is 0 Å². The lowest BCUT2D eigenvalue weighted by Crippen LogP contribution is -2.53. The fourth-order valence-corrected chi connectivity index (χ4v) is 15.9. The molecule has 36 nitrogen and oxygen atoms in total. The van der Waals surface area contributed by atoms with Gasteiger partial charge >= 0.3 is 23.9 Å². The Bertz CT molecular complexity index is 4850. The summed E-state index contributed by atoms with van der Waals surface area (Å²) >= 11 is 0. The van der Waals surface area contributed by atoms with E-state index in [2.05, 4.69) is 51.5 Å². The molecule has 718 valence electrons. The van der Waals surface area contributed by atoms with Gasteiger partial charge in [0, 0.05) is 180 Å². The number of phenolic OH excluding ortho intramolecular Hbond substituents is 2. The molecule has 3 fully saturated rings. The molecule has 3 aliphatic rings. The third-order valence-electron chi connectivity index (χ3n) is 22.4. The van der Waals surface area contributed by atoms with Crippen molar-refractivity contribution in [2.24, 2.45) is 0 Å². The number of esters is 4. The van der Waals surface area contributed by atoms with E-state index in [0.717, 1.165) is 22.3 Å². The molecule has 6 amide bonds. The van der Waals surface area contributed by atoms with Crippen molar-refractivity contribution in [3.63, 3.8) is 0 Å². The number of hydrogen-bond acceptors (Lipinski definition) is 28. The Morgan fingerprint density at radius 2 is 0.786 bits per heavy atom. The molecule has 4 aromatic carbocycles. The summed E-state index contributed by atoms with van der Waals surface area (Å²) in [6.07, 6.45) is -0.781. The van der Waals surface area contributed by atoms with Crippen molar-refractivity contribution >= 4 is 59.3 Å². The Labute approximate surface area is 770 Å². The standard InChI is InChI=1S/C95H140N18O18/c1-21-96-89(123)86-102-100-84(70-53-68(62(3)4)76(126-19)55-74(70)114)112(86)66-27-23-64(24-28-66)57-104-43-49-110(50-44-104)79(117)34-31-72(88(122)98-36-35-80(118)111-51-45-105(46-52-111)58-65-25-29-67(30-26-65)113-85(101-103-87(113)90(124)97-22-2)71-54-69(63(5)6)77(127-20)56-75(71)115)99-78(116)33-32-73(91(125)131-95(16,17)18)109-47-41-107(60-82(120)129-93(10,11)12)39-37-106(59-81(119)128-92(7,8)9)38-40-108(42-48-109)61-83(121)130-94(13,14)15/h23-30,53-56,62-63,72-73,114-115H,21-22,31-52,57-61H2,1-20H3,(H,96,123)(H,97,124)(H,98,122)(H,99,116)/t72-,73-/m1/s1.